The van der Waals surface area contributed by atoms with Crippen LogP contribution in [0.3, 0.4) is 0 Å². The zero-order chi connectivity index (χ0) is 24.1. The highest BCUT2D eigenvalue weighted by molar-refractivity contribution is 7.90. The molecular formula is C20H28N4O6S2. The number of rotatable bonds is 10. The molecule has 2 aromatic carbocycles. The van der Waals surface area contributed by atoms with E-state index in [-0.39, 0.29) is 24.0 Å². The first-order valence-electron chi connectivity index (χ1n) is 9.57. The third-order valence-electron chi connectivity index (χ3n) is 4.56. The number of nitrogens with zero attached hydrogens (tertiary/aromatic N) is 3. The first-order chi connectivity index (χ1) is 14.9. The SMILES string of the molecule is CN(C)S(=O)(=O)c1ccc(OCCNC(=O)c2ccc(N(C)S(=O)(=O)N(C)C)cc2)cc1. The fourth-order valence-corrected chi connectivity index (χ4v) is 4.33. The van der Waals surface area contributed by atoms with E-state index in [9.17, 15) is 21.6 Å². The molecule has 0 aliphatic heterocycles. The van der Waals surface area contributed by atoms with Gasteiger partial charge in [-0.15, -0.1) is 0 Å². The smallest absolute Gasteiger partial charge is 0.303 e. The molecule has 0 aromatic heterocycles. The third kappa shape index (κ3) is 5.97. The minimum absolute atomic E-state index is 0.163. The van der Waals surface area contributed by atoms with Crippen LogP contribution in [0.1, 0.15) is 10.4 Å². The van der Waals surface area contributed by atoms with Crippen LogP contribution in [0.4, 0.5) is 5.69 Å². The average molecular weight is 485 g/mol. The van der Waals surface area contributed by atoms with Crippen molar-refractivity contribution in [1.82, 2.24) is 13.9 Å². The van der Waals surface area contributed by atoms with Crippen molar-refractivity contribution >= 4 is 31.8 Å². The monoisotopic (exact) mass is 484 g/mol. The fourth-order valence-electron chi connectivity index (χ4n) is 2.56. The summed E-state index contributed by atoms with van der Waals surface area (Å²) < 4.78 is 57.3. The van der Waals surface area contributed by atoms with Gasteiger partial charge in [0.15, 0.2) is 0 Å². The second-order valence-corrected chi connectivity index (χ2v) is 11.5. The Kier molecular flexibility index (Phi) is 8.24. The van der Waals surface area contributed by atoms with Crippen LogP contribution < -0.4 is 14.4 Å². The minimum atomic E-state index is -3.61. The molecule has 0 saturated heterocycles. The largest absolute Gasteiger partial charge is 0.492 e. The van der Waals surface area contributed by atoms with E-state index in [1.807, 2.05) is 0 Å². The Morgan fingerprint density at radius 2 is 1.41 bits per heavy atom. The summed E-state index contributed by atoms with van der Waals surface area (Å²) in [4.78, 5) is 12.4. The summed E-state index contributed by atoms with van der Waals surface area (Å²) >= 11 is 0. The lowest BCUT2D eigenvalue weighted by Gasteiger charge is -2.23. The highest BCUT2D eigenvalue weighted by Crippen LogP contribution is 2.19. The van der Waals surface area contributed by atoms with Crippen LogP contribution in [0, 0.1) is 0 Å². The molecule has 0 bridgehead atoms. The van der Waals surface area contributed by atoms with Gasteiger partial charge in [-0.2, -0.15) is 12.7 Å². The molecule has 0 fully saturated rings. The summed E-state index contributed by atoms with van der Waals surface area (Å²) in [5.74, 6) is 0.150. The number of sulfonamides is 1. The van der Waals surface area contributed by atoms with Gasteiger partial charge in [-0.05, 0) is 48.5 Å². The number of carbonyl (C=O) groups excluding carboxylic acids is 1. The van der Waals surface area contributed by atoms with Gasteiger partial charge in [-0.3, -0.25) is 9.10 Å². The molecule has 10 nitrogen and oxygen atoms in total. The number of hydrogen-bond acceptors (Lipinski definition) is 6. The molecule has 12 heteroatoms. The van der Waals surface area contributed by atoms with E-state index in [1.165, 1.54) is 59.5 Å². The van der Waals surface area contributed by atoms with Crippen LogP contribution in [0.25, 0.3) is 0 Å². The fraction of sp³-hybridized carbons (Fsp3) is 0.350. The summed E-state index contributed by atoms with van der Waals surface area (Å²) in [6.07, 6.45) is 0. The first kappa shape index (κ1) is 25.6. The van der Waals surface area contributed by atoms with Crippen molar-refractivity contribution in [3.05, 3.63) is 54.1 Å². The van der Waals surface area contributed by atoms with E-state index in [0.29, 0.717) is 17.0 Å². The molecule has 0 aliphatic carbocycles. The van der Waals surface area contributed by atoms with Crippen LogP contribution in [-0.2, 0) is 20.2 Å². The predicted molar refractivity (Wildman–Crippen MR) is 123 cm³/mol. The third-order valence-corrected chi connectivity index (χ3v) is 8.21. The van der Waals surface area contributed by atoms with Gasteiger partial charge in [-0.25, -0.2) is 12.7 Å². The second-order valence-electron chi connectivity index (χ2n) is 7.17. The first-order valence-corrected chi connectivity index (χ1v) is 12.4. The van der Waals surface area contributed by atoms with Gasteiger partial charge in [0, 0.05) is 40.8 Å². The Bertz CT molecular complexity index is 1130. The minimum Gasteiger partial charge on any atom is -0.492 e. The molecule has 1 amide bonds. The summed E-state index contributed by atoms with van der Waals surface area (Å²) in [6.45, 7) is 0.417. The van der Waals surface area contributed by atoms with Crippen LogP contribution in [0.15, 0.2) is 53.4 Å². The lowest BCUT2D eigenvalue weighted by Crippen LogP contribution is -2.37. The zero-order valence-electron chi connectivity index (χ0n) is 18.6. The van der Waals surface area contributed by atoms with Gasteiger partial charge in [0.1, 0.15) is 12.4 Å². The molecule has 2 rings (SSSR count). The number of hydrogen-bond donors (Lipinski definition) is 1. The molecule has 0 unspecified atom stereocenters. The van der Waals surface area contributed by atoms with E-state index in [2.05, 4.69) is 5.32 Å². The molecule has 0 spiro atoms. The van der Waals surface area contributed by atoms with Gasteiger partial charge in [-0.1, -0.05) is 0 Å². The van der Waals surface area contributed by atoms with E-state index in [4.69, 9.17) is 4.74 Å². The van der Waals surface area contributed by atoms with Crippen molar-refractivity contribution in [1.29, 1.82) is 0 Å². The maximum Gasteiger partial charge on any atom is 0.303 e. The predicted octanol–water partition coefficient (Wildman–Crippen LogP) is 0.988. The lowest BCUT2D eigenvalue weighted by atomic mass is 10.2. The Labute approximate surface area is 189 Å². The van der Waals surface area contributed by atoms with E-state index < -0.39 is 20.2 Å². The van der Waals surface area contributed by atoms with Gasteiger partial charge < -0.3 is 10.1 Å². The molecule has 176 valence electrons. The molecule has 0 heterocycles. The normalized spacial score (nSPS) is 12.1. The van der Waals surface area contributed by atoms with Crippen molar-refractivity contribution in [2.45, 2.75) is 4.90 Å². The molecule has 32 heavy (non-hydrogen) atoms. The number of carbonyl (C=O) groups is 1. The Hall–Kier alpha value is -2.67. The maximum absolute atomic E-state index is 12.3. The molecule has 0 saturated carbocycles. The Morgan fingerprint density at radius 1 is 0.844 bits per heavy atom. The van der Waals surface area contributed by atoms with E-state index in [0.717, 1.165) is 12.9 Å². The van der Waals surface area contributed by atoms with E-state index in [1.54, 1.807) is 24.3 Å². The molecule has 2 aromatic rings. The van der Waals surface area contributed by atoms with Crippen LogP contribution in [0.5, 0.6) is 5.75 Å². The number of amides is 1. The lowest BCUT2D eigenvalue weighted by molar-refractivity contribution is 0.0947. The number of nitrogens with one attached hydrogen (secondary N) is 1. The quantitative estimate of drug-likeness (QED) is 0.503. The topological polar surface area (TPSA) is 116 Å². The van der Waals surface area contributed by atoms with Crippen molar-refractivity contribution in [2.24, 2.45) is 0 Å². The molecule has 1 N–H and O–H groups in total. The standard InChI is InChI=1S/C20H28N4O6S2/c1-22(2)31(26,27)19-12-10-18(11-13-19)30-15-14-21-20(25)16-6-8-17(9-7-16)24(5)32(28,29)23(3)4/h6-13H,14-15H2,1-5H3,(H,21,25). The Balaban J connectivity index is 1.87. The molecule has 0 atom stereocenters. The summed E-state index contributed by atoms with van der Waals surface area (Å²) in [5, 5.41) is 2.71. The van der Waals surface area contributed by atoms with Crippen molar-refractivity contribution in [2.75, 3.05) is 52.7 Å². The van der Waals surface area contributed by atoms with Gasteiger partial charge in [0.05, 0.1) is 17.1 Å². The van der Waals surface area contributed by atoms with Gasteiger partial charge >= 0.3 is 10.2 Å². The average Bonchev–Trinajstić information content (AvgIpc) is 2.76. The van der Waals surface area contributed by atoms with Gasteiger partial charge in [0.2, 0.25) is 10.0 Å². The summed E-state index contributed by atoms with van der Waals surface area (Å²) in [5.41, 5.74) is 0.806. The summed E-state index contributed by atoms with van der Waals surface area (Å²) in [6, 6.07) is 12.2. The zero-order valence-corrected chi connectivity index (χ0v) is 20.3. The number of anilines is 1. The molecule has 0 aliphatic rings. The molecular weight excluding hydrogens is 456 g/mol. The van der Waals surface area contributed by atoms with Crippen molar-refractivity contribution < 1.29 is 26.4 Å². The highest BCUT2D eigenvalue weighted by Gasteiger charge is 2.21. The number of benzene rings is 2. The van der Waals surface area contributed by atoms with Crippen LogP contribution in [-0.4, -0.2) is 79.7 Å². The van der Waals surface area contributed by atoms with Crippen molar-refractivity contribution in [3.63, 3.8) is 0 Å². The highest BCUT2D eigenvalue weighted by atomic mass is 32.2. The Morgan fingerprint density at radius 3 is 1.91 bits per heavy atom. The van der Waals surface area contributed by atoms with E-state index >= 15 is 0 Å². The maximum atomic E-state index is 12.3. The number of ether oxygens (including phenoxy) is 1. The van der Waals surface area contributed by atoms with Crippen LogP contribution >= 0.6 is 0 Å². The second kappa shape index (κ2) is 10.3. The summed E-state index contributed by atoms with van der Waals surface area (Å²) in [7, 11) is 0.123. The van der Waals surface area contributed by atoms with Crippen LogP contribution in [0.2, 0.25) is 0 Å². The van der Waals surface area contributed by atoms with Gasteiger partial charge in [0.25, 0.3) is 5.91 Å². The molecule has 0 radical (unpaired) electrons. The van der Waals surface area contributed by atoms with Crippen molar-refractivity contribution in [3.8, 4) is 5.75 Å².